The standard InChI is InChI=1S/C14H16N2O3/c1-4-14(2,3)13(17)11-8-15-12-6-5-9(16(18)19)7-10(11)12/h5-8,15H,4H2,1-3H3. The Balaban J connectivity index is 2.59. The second-order valence-corrected chi connectivity index (χ2v) is 5.26. The minimum atomic E-state index is -0.472. The van der Waals surface area contributed by atoms with Crippen LogP contribution < -0.4 is 0 Å². The molecule has 100 valence electrons. The number of H-pyrrole nitrogens is 1. The molecule has 1 N–H and O–H groups in total. The molecule has 5 nitrogen and oxygen atoms in total. The van der Waals surface area contributed by atoms with E-state index in [1.807, 2.05) is 20.8 Å². The van der Waals surface area contributed by atoms with Crippen molar-refractivity contribution in [3.63, 3.8) is 0 Å². The number of non-ortho nitro benzene ring substituents is 1. The van der Waals surface area contributed by atoms with Crippen LogP contribution in [0.5, 0.6) is 0 Å². The number of carbonyl (C=O) groups excluding carboxylic acids is 1. The average molecular weight is 260 g/mol. The number of nitro groups is 1. The first-order chi connectivity index (χ1) is 8.86. The Morgan fingerprint density at radius 3 is 2.68 bits per heavy atom. The van der Waals surface area contributed by atoms with Crippen molar-refractivity contribution in [1.82, 2.24) is 4.98 Å². The molecule has 0 unspecified atom stereocenters. The number of nitrogens with one attached hydrogen (secondary N) is 1. The maximum Gasteiger partial charge on any atom is 0.270 e. The zero-order chi connectivity index (χ0) is 14.2. The number of carbonyl (C=O) groups is 1. The fraction of sp³-hybridized carbons (Fsp3) is 0.357. The summed E-state index contributed by atoms with van der Waals surface area (Å²) in [6, 6.07) is 4.51. The number of hydrogen-bond acceptors (Lipinski definition) is 3. The quantitative estimate of drug-likeness (QED) is 0.517. The van der Waals surface area contributed by atoms with Crippen LogP contribution in [0.25, 0.3) is 10.9 Å². The molecule has 0 atom stereocenters. The topological polar surface area (TPSA) is 76.0 Å². The van der Waals surface area contributed by atoms with Gasteiger partial charge in [-0.1, -0.05) is 20.8 Å². The Kier molecular flexibility index (Phi) is 3.14. The summed E-state index contributed by atoms with van der Waals surface area (Å²) in [5.74, 6) is 0.00162. The highest BCUT2D eigenvalue weighted by Crippen LogP contribution is 2.31. The predicted octanol–water partition coefficient (Wildman–Crippen LogP) is 3.70. The molecule has 0 aliphatic carbocycles. The van der Waals surface area contributed by atoms with Crippen LogP contribution in [0, 0.1) is 15.5 Å². The summed E-state index contributed by atoms with van der Waals surface area (Å²) < 4.78 is 0. The average Bonchev–Trinajstić information content (AvgIpc) is 2.80. The number of fused-ring (bicyclic) bond motifs is 1. The van der Waals surface area contributed by atoms with Crippen molar-refractivity contribution < 1.29 is 9.72 Å². The molecule has 1 aromatic carbocycles. The predicted molar refractivity (Wildman–Crippen MR) is 73.4 cm³/mol. The number of rotatable bonds is 4. The lowest BCUT2D eigenvalue weighted by Crippen LogP contribution is -2.23. The summed E-state index contributed by atoms with van der Waals surface area (Å²) in [5, 5.41) is 11.4. The lowest BCUT2D eigenvalue weighted by molar-refractivity contribution is -0.384. The third kappa shape index (κ3) is 2.23. The molecule has 19 heavy (non-hydrogen) atoms. The number of nitro benzene ring substituents is 1. The van der Waals surface area contributed by atoms with E-state index >= 15 is 0 Å². The molecule has 0 aliphatic heterocycles. The van der Waals surface area contributed by atoms with E-state index in [0.717, 1.165) is 5.52 Å². The normalized spacial score (nSPS) is 11.7. The van der Waals surface area contributed by atoms with Crippen LogP contribution in [0.1, 0.15) is 37.6 Å². The van der Waals surface area contributed by atoms with Crippen molar-refractivity contribution >= 4 is 22.4 Å². The van der Waals surface area contributed by atoms with E-state index in [1.165, 1.54) is 12.1 Å². The molecule has 0 saturated carbocycles. The minimum absolute atomic E-state index is 0.00162. The Hall–Kier alpha value is -2.17. The number of aromatic amines is 1. The summed E-state index contributed by atoms with van der Waals surface area (Å²) in [6.45, 7) is 5.71. The van der Waals surface area contributed by atoms with Gasteiger partial charge in [0.2, 0.25) is 0 Å². The lowest BCUT2D eigenvalue weighted by Gasteiger charge is -2.20. The SMILES string of the molecule is CCC(C)(C)C(=O)c1c[nH]c2ccc([N+](=O)[O-])cc12. The van der Waals surface area contributed by atoms with Crippen LogP contribution >= 0.6 is 0 Å². The van der Waals surface area contributed by atoms with Crippen molar-refractivity contribution in [2.45, 2.75) is 27.2 Å². The van der Waals surface area contributed by atoms with E-state index in [4.69, 9.17) is 0 Å². The third-order valence-electron chi connectivity index (χ3n) is 3.62. The van der Waals surface area contributed by atoms with Gasteiger partial charge < -0.3 is 4.98 Å². The zero-order valence-electron chi connectivity index (χ0n) is 11.2. The summed E-state index contributed by atoms with van der Waals surface area (Å²) in [5.41, 5.74) is 0.779. The Labute approximate surface area is 110 Å². The number of aromatic nitrogens is 1. The van der Waals surface area contributed by atoms with Gasteiger partial charge in [-0.05, 0) is 12.5 Å². The van der Waals surface area contributed by atoms with Crippen LogP contribution in [-0.4, -0.2) is 15.7 Å². The van der Waals surface area contributed by atoms with Crippen molar-refractivity contribution in [2.75, 3.05) is 0 Å². The van der Waals surface area contributed by atoms with E-state index in [0.29, 0.717) is 17.4 Å². The van der Waals surface area contributed by atoms with Gasteiger partial charge in [0.1, 0.15) is 0 Å². The molecule has 2 aromatic rings. The van der Waals surface area contributed by atoms with E-state index in [2.05, 4.69) is 4.98 Å². The first kappa shape index (κ1) is 13.3. The Morgan fingerprint density at radius 1 is 1.42 bits per heavy atom. The number of benzene rings is 1. The molecule has 5 heteroatoms. The number of nitrogens with zero attached hydrogens (tertiary/aromatic N) is 1. The van der Waals surface area contributed by atoms with Gasteiger partial charge in [0, 0.05) is 40.2 Å². The highest BCUT2D eigenvalue weighted by molar-refractivity contribution is 6.10. The molecule has 0 amide bonds. The van der Waals surface area contributed by atoms with Crippen LogP contribution in [-0.2, 0) is 0 Å². The van der Waals surface area contributed by atoms with E-state index in [-0.39, 0.29) is 11.5 Å². The van der Waals surface area contributed by atoms with Gasteiger partial charge in [0.05, 0.1) is 4.92 Å². The highest BCUT2D eigenvalue weighted by atomic mass is 16.6. The minimum Gasteiger partial charge on any atom is -0.360 e. The van der Waals surface area contributed by atoms with Crippen molar-refractivity contribution in [2.24, 2.45) is 5.41 Å². The third-order valence-corrected chi connectivity index (χ3v) is 3.62. The van der Waals surface area contributed by atoms with E-state index in [9.17, 15) is 14.9 Å². The van der Waals surface area contributed by atoms with Gasteiger partial charge in [0.15, 0.2) is 5.78 Å². The summed E-state index contributed by atoms with van der Waals surface area (Å²) in [6.07, 6.45) is 2.35. The van der Waals surface area contributed by atoms with Crippen LogP contribution in [0.15, 0.2) is 24.4 Å². The molecule has 0 bridgehead atoms. The maximum absolute atomic E-state index is 12.5. The monoisotopic (exact) mass is 260 g/mol. The van der Waals surface area contributed by atoms with E-state index < -0.39 is 10.3 Å². The van der Waals surface area contributed by atoms with Gasteiger partial charge in [-0.25, -0.2) is 0 Å². The fourth-order valence-electron chi connectivity index (χ4n) is 1.94. The highest BCUT2D eigenvalue weighted by Gasteiger charge is 2.28. The molecule has 0 radical (unpaired) electrons. The molecule has 1 heterocycles. The maximum atomic E-state index is 12.5. The molecular weight excluding hydrogens is 244 g/mol. The molecule has 0 aliphatic rings. The number of Topliss-reactive ketones (excluding diaryl/α,β-unsaturated/α-hetero) is 1. The van der Waals surface area contributed by atoms with Crippen molar-refractivity contribution in [3.05, 3.63) is 40.1 Å². The molecule has 0 saturated heterocycles. The summed E-state index contributed by atoms with van der Waals surface area (Å²) >= 11 is 0. The van der Waals surface area contributed by atoms with Crippen molar-refractivity contribution in [3.8, 4) is 0 Å². The Morgan fingerprint density at radius 2 is 2.11 bits per heavy atom. The van der Waals surface area contributed by atoms with Crippen LogP contribution in [0.3, 0.4) is 0 Å². The molecule has 0 fully saturated rings. The largest absolute Gasteiger partial charge is 0.360 e. The molecular formula is C14H16N2O3. The van der Waals surface area contributed by atoms with Crippen LogP contribution in [0.4, 0.5) is 5.69 Å². The second-order valence-electron chi connectivity index (χ2n) is 5.26. The number of hydrogen-bond donors (Lipinski definition) is 1. The Bertz CT molecular complexity index is 656. The molecule has 1 aromatic heterocycles. The molecule has 2 rings (SSSR count). The van der Waals surface area contributed by atoms with Gasteiger partial charge >= 0.3 is 0 Å². The first-order valence-electron chi connectivity index (χ1n) is 6.17. The van der Waals surface area contributed by atoms with Gasteiger partial charge in [-0.2, -0.15) is 0 Å². The fourth-order valence-corrected chi connectivity index (χ4v) is 1.94. The van der Waals surface area contributed by atoms with Gasteiger partial charge in [-0.3, -0.25) is 14.9 Å². The zero-order valence-corrected chi connectivity index (χ0v) is 11.2. The lowest BCUT2D eigenvalue weighted by atomic mass is 9.82. The summed E-state index contributed by atoms with van der Waals surface area (Å²) in [4.78, 5) is 25.8. The van der Waals surface area contributed by atoms with E-state index in [1.54, 1.807) is 12.3 Å². The van der Waals surface area contributed by atoms with Gasteiger partial charge in [0.25, 0.3) is 5.69 Å². The smallest absolute Gasteiger partial charge is 0.270 e. The second kappa shape index (κ2) is 4.50. The van der Waals surface area contributed by atoms with Gasteiger partial charge in [-0.15, -0.1) is 0 Å². The molecule has 0 spiro atoms. The van der Waals surface area contributed by atoms with Crippen LogP contribution in [0.2, 0.25) is 0 Å². The number of ketones is 1. The first-order valence-corrected chi connectivity index (χ1v) is 6.17. The summed E-state index contributed by atoms with van der Waals surface area (Å²) in [7, 11) is 0. The van der Waals surface area contributed by atoms with Crippen molar-refractivity contribution in [1.29, 1.82) is 0 Å².